The third-order valence-electron chi connectivity index (χ3n) is 3.69. The van der Waals surface area contributed by atoms with Crippen LogP contribution >= 0.6 is 0 Å². The predicted octanol–water partition coefficient (Wildman–Crippen LogP) is 0.720. The number of hydrogen-bond donors (Lipinski definition) is 1. The Hall–Kier alpha value is -1.95. The Kier molecular flexibility index (Phi) is 5.27. The number of nitrogens with zero attached hydrogens (tertiary/aromatic N) is 2. The van der Waals surface area contributed by atoms with Crippen molar-refractivity contribution in [3.8, 4) is 0 Å². The number of likely N-dealkylation sites (N-methyl/N-ethyl adjacent to an activating group) is 1. The molecule has 1 heterocycles. The summed E-state index contributed by atoms with van der Waals surface area (Å²) in [4.78, 5) is 27.8. The monoisotopic (exact) mass is 293 g/mol. The lowest BCUT2D eigenvalue weighted by Crippen LogP contribution is -2.51. The normalized spacial score (nSPS) is 15.8. The predicted molar refractivity (Wildman–Crippen MR) is 77.4 cm³/mol. The van der Waals surface area contributed by atoms with Gasteiger partial charge in [-0.1, -0.05) is 19.1 Å². The summed E-state index contributed by atoms with van der Waals surface area (Å²) in [6.45, 7) is 6.01. The molecule has 0 radical (unpaired) electrons. The van der Waals surface area contributed by atoms with Crippen LogP contribution in [0.3, 0.4) is 0 Å². The number of halogens is 1. The Morgan fingerprint density at radius 3 is 2.48 bits per heavy atom. The van der Waals surface area contributed by atoms with Crippen LogP contribution in [0.1, 0.15) is 17.3 Å². The highest BCUT2D eigenvalue weighted by Gasteiger charge is 2.20. The molecule has 0 aliphatic carbocycles. The van der Waals surface area contributed by atoms with E-state index < -0.39 is 11.7 Å². The number of amides is 2. The van der Waals surface area contributed by atoms with Gasteiger partial charge in [0, 0.05) is 26.2 Å². The number of hydrogen-bond acceptors (Lipinski definition) is 3. The van der Waals surface area contributed by atoms with E-state index in [0.29, 0.717) is 13.1 Å². The number of rotatable bonds is 4. The molecule has 2 rings (SSSR count). The first-order chi connectivity index (χ1) is 10.1. The summed E-state index contributed by atoms with van der Waals surface area (Å²) in [5.74, 6) is -1.27. The van der Waals surface area contributed by atoms with E-state index in [1.807, 2.05) is 0 Å². The van der Waals surface area contributed by atoms with E-state index in [9.17, 15) is 14.0 Å². The molecule has 0 saturated carbocycles. The van der Waals surface area contributed by atoms with Gasteiger partial charge < -0.3 is 15.1 Å². The molecule has 0 spiro atoms. The topological polar surface area (TPSA) is 52.6 Å². The summed E-state index contributed by atoms with van der Waals surface area (Å²) in [6, 6.07) is 5.73. The van der Waals surface area contributed by atoms with Crippen molar-refractivity contribution >= 4 is 11.8 Å². The van der Waals surface area contributed by atoms with Crippen LogP contribution in [0.5, 0.6) is 0 Å². The third-order valence-corrected chi connectivity index (χ3v) is 3.69. The lowest BCUT2D eigenvalue weighted by molar-refractivity contribution is -0.131. The van der Waals surface area contributed by atoms with E-state index in [1.54, 1.807) is 11.0 Å². The Balaban J connectivity index is 1.82. The number of nitrogens with one attached hydrogen (secondary N) is 1. The second kappa shape index (κ2) is 7.17. The second-order valence-electron chi connectivity index (χ2n) is 4.98. The first kappa shape index (κ1) is 15.4. The van der Waals surface area contributed by atoms with Crippen molar-refractivity contribution in [2.24, 2.45) is 0 Å². The van der Waals surface area contributed by atoms with Gasteiger partial charge in [0.1, 0.15) is 5.82 Å². The molecule has 1 saturated heterocycles. The molecular formula is C15H20FN3O2. The van der Waals surface area contributed by atoms with Crippen molar-refractivity contribution in [1.29, 1.82) is 0 Å². The van der Waals surface area contributed by atoms with Gasteiger partial charge >= 0.3 is 0 Å². The quantitative estimate of drug-likeness (QED) is 0.890. The van der Waals surface area contributed by atoms with Crippen LogP contribution in [0.15, 0.2) is 24.3 Å². The standard InChI is InChI=1S/C15H20FN3O2/c1-2-18-7-9-19(10-8-18)14(20)11-17-15(21)12-5-3-4-6-13(12)16/h3-6H,2,7-11H2,1H3,(H,17,21). The Labute approximate surface area is 123 Å². The van der Waals surface area contributed by atoms with Crippen molar-refractivity contribution in [3.63, 3.8) is 0 Å². The zero-order chi connectivity index (χ0) is 15.2. The summed E-state index contributed by atoms with van der Waals surface area (Å²) in [7, 11) is 0. The smallest absolute Gasteiger partial charge is 0.254 e. The molecule has 1 N–H and O–H groups in total. The average molecular weight is 293 g/mol. The fourth-order valence-electron chi connectivity index (χ4n) is 2.32. The van der Waals surface area contributed by atoms with Crippen LogP contribution < -0.4 is 5.32 Å². The van der Waals surface area contributed by atoms with Gasteiger partial charge in [-0.2, -0.15) is 0 Å². The minimum Gasteiger partial charge on any atom is -0.343 e. The van der Waals surface area contributed by atoms with Crippen LogP contribution in [0, 0.1) is 5.82 Å². The SMILES string of the molecule is CCN1CCN(C(=O)CNC(=O)c2ccccc2F)CC1. The summed E-state index contributed by atoms with van der Waals surface area (Å²) >= 11 is 0. The Morgan fingerprint density at radius 1 is 1.19 bits per heavy atom. The van der Waals surface area contributed by atoms with Crippen LogP contribution in [0.25, 0.3) is 0 Å². The van der Waals surface area contributed by atoms with Gasteiger partial charge in [0.15, 0.2) is 0 Å². The van der Waals surface area contributed by atoms with Gasteiger partial charge in [-0.3, -0.25) is 9.59 Å². The number of carbonyl (C=O) groups excluding carboxylic acids is 2. The molecule has 0 atom stereocenters. The van der Waals surface area contributed by atoms with Gasteiger partial charge in [-0.25, -0.2) is 4.39 Å². The highest BCUT2D eigenvalue weighted by molar-refractivity contribution is 5.96. The molecule has 1 aliphatic heterocycles. The van der Waals surface area contributed by atoms with E-state index in [0.717, 1.165) is 19.6 Å². The minimum atomic E-state index is -0.584. The highest BCUT2D eigenvalue weighted by Crippen LogP contribution is 2.06. The summed E-state index contributed by atoms with van der Waals surface area (Å²) in [5, 5.41) is 2.48. The van der Waals surface area contributed by atoms with Gasteiger partial charge in [0.05, 0.1) is 12.1 Å². The second-order valence-corrected chi connectivity index (χ2v) is 4.98. The van der Waals surface area contributed by atoms with Crippen LogP contribution in [0.4, 0.5) is 4.39 Å². The molecule has 1 aromatic rings. The van der Waals surface area contributed by atoms with Gasteiger partial charge in [-0.15, -0.1) is 0 Å². The fraction of sp³-hybridized carbons (Fsp3) is 0.467. The van der Waals surface area contributed by atoms with Gasteiger partial charge in [-0.05, 0) is 18.7 Å². The zero-order valence-corrected chi connectivity index (χ0v) is 12.1. The van der Waals surface area contributed by atoms with Crippen LogP contribution in [0.2, 0.25) is 0 Å². The van der Waals surface area contributed by atoms with Crippen LogP contribution in [-0.2, 0) is 4.79 Å². The molecule has 114 valence electrons. The summed E-state index contributed by atoms with van der Waals surface area (Å²) in [6.07, 6.45) is 0. The molecule has 0 bridgehead atoms. The molecular weight excluding hydrogens is 273 g/mol. The Bertz CT molecular complexity index is 513. The Morgan fingerprint density at radius 2 is 1.86 bits per heavy atom. The van der Waals surface area contributed by atoms with E-state index in [-0.39, 0.29) is 18.0 Å². The maximum Gasteiger partial charge on any atom is 0.254 e. The first-order valence-electron chi connectivity index (χ1n) is 7.14. The third kappa shape index (κ3) is 4.01. The molecule has 1 aliphatic rings. The molecule has 0 unspecified atom stereocenters. The van der Waals surface area contributed by atoms with Crippen molar-refractivity contribution in [1.82, 2.24) is 15.1 Å². The molecule has 2 amide bonds. The van der Waals surface area contributed by atoms with Crippen LogP contribution in [-0.4, -0.2) is 60.9 Å². The maximum atomic E-state index is 13.4. The van der Waals surface area contributed by atoms with Crippen molar-refractivity contribution < 1.29 is 14.0 Å². The van der Waals surface area contributed by atoms with Crippen molar-refractivity contribution in [3.05, 3.63) is 35.6 Å². The number of benzene rings is 1. The summed E-state index contributed by atoms with van der Waals surface area (Å²) < 4.78 is 13.4. The molecule has 5 nitrogen and oxygen atoms in total. The largest absolute Gasteiger partial charge is 0.343 e. The molecule has 0 aromatic heterocycles. The van der Waals surface area contributed by atoms with E-state index in [2.05, 4.69) is 17.1 Å². The lowest BCUT2D eigenvalue weighted by atomic mass is 10.2. The highest BCUT2D eigenvalue weighted by atomic mass is 19.1. The van der Waals surface area contributed by atoms with Gasteiger partial charge in [0.25, 0.3) is 5.91 Å². The van der Waals surface area contributed by atoms with Crippen molar-refractivity contribution in [2.45, 2.75) is 6.92 Å². The number of carbonyl (C=O) groups is 2. The molecule has 21 heavy (non-hydrogen) atoms. The minimum absolute atomic E-state index is 0.0406. The van der Waals surface area contributed by atoms with Crippen molar-refractivity contribution in [2.75, 3.05) is 39.3 Å². The average Bonchev–Trinajstić information content (AvgIpc) is 2.52. The first-order valence-corrected chi connectivity index (χ1v) is 7.14. The fourth-order valence-corrected chi connectivity index (χ4v) is 2.32. The maximum absolute atomic E-state index is 13.4. The van der Waals surface area contributed by atoms with E-state index in [1.165, 1.54) is 18.2 Å². The molecule has 1 aromatic carbocycles. The lowest BCUT2D eigenvalue weighted by Gasteiger charge is -2.34. The molecule has 6 heteroatoms. The summed E-state index contributed by atoms with van der Waals surface area (Å²) in [5.41, 5.74) is -0.0406. The van der Waals surface area contributed by atoms with E-state index in [4.69, 9.17) is 0 Å². The molecule has 1 fully saturated rings. The van der Waals surface area contributed by atoms with Gasteiger partial charge in [0.2, 0.25) is 5.91 Å². The zero-order valence-electron chi connectivity index (χ0n) is 12.1. The van der Waals surface area contributed by atoms with E-state index >= 15 is 0 Å². The number of piperazine rings is 1.